The number of nitrogens with zero attached hydrogens (tertiary/aromatic N) is 2. The molecule has 2 aromatic rings. The Kier molecular flexibility index (Phi) is 2.74. The molecule has 0 aliphatic carbocycles. The molecular weight excluding hydrogens is 229 g/mol. The molecule has 0 radical (unpaired) electrons. The van der Waals surface area contributed by atoms with Gasteiger partial charge in [0, 0.05) is 16.6 Å². The Morgan fingerprint density at radius 3 is 2.75 bits per heavy atom. The third-order valence-corrected chi connectivity index (χ3v) is 3.12. The summed E-state index contributed by atoms with van der Waals surface area (Å²) in [6.07, 6.45) is 1.51. The zero-order valence-electron chi connectivity index (χ0n) is 8.82. The highest BCUT2D eigenvalue weighted by atomic mass is 32.1. The summed E-state index contributed by atoms with van der Waals surface area (Å²) in [5, 5.41) is 0.657. The van der Waals surface area contributed by atoms with Crippen molar-refractivity contribution >= 4 is 17.2 Å². The van der Waals surface area contributed by atoms with Crippen LogP contribution >= 0.6 is 11.3 Å². The normalized spacial score (nSPS) is 10.4. The number of ether oxygens (including phenoxy) is 1. The smallest absolute Gasteiger partial charge is 0.250 e. The number of anilines is 1. The summed E-state index contributed by atoms with van der Waals surface area (Å²) >= 11 is 1.41. The van der Waals surface area contributed by atoms with Crippen LogP contribution in [0.5, 0.6) is 5.88 Å². The van der Waals surface area contributed by atoms with Crippen molar-refractivity contribution in [2.45, 2.75) is 6.92 Å². The predicted molar refractivity (Wildman–Crippen MR) is 61.0 cm³/mol. The molecule has 0 bridgehead atoms. The molecule has 4 nitrogen and oxygen atoms in total. The summed E-state index contributed by atoms with van der Waals surface area (Å²) < 4.78 is 18.1. The number of aryl methyl sites for hydroxylation is 1. The number of nitrogen functional groups attached to an aromatic ring is 1. The second kappa shape index (κ2) is 4.05. The Hall–Kier alpha value is -1.69. The number of thiazole rings is 1. The van der Waals surface area contributed by atoms with E-state index in [0.29, 0.717) is 16.4 Å². The van der Waals surface area contributed by atoms with E-state index in [1.807, 2.05) is 6.92 Å². The summed E-state index contributed by atoms with van der Waals surface area (Å²) in [7, 11) is 1.37. The fourth-order valence-corrected chi connectivity index (χ4v) is 2.04. The lowest BCUT2D eigenvalue weighted by molar-refractivity contribution is 0.369. The van der Waals surface area contributed by atoms with Gasteiger partial charge in [0.2, 0.25) is 5.88 Å². The number of aromatic nitrogens is 2. The van der Waals surface area contributed by atoms with Crippen LogP contribution in [0.15, 0.2) is 12.3 Å². The molecule has 0 saturated heterocycles. The van der Waals surface area contributed by atoms with E-state index in [-0.39, 0.29) is 5.88 Å². The zero-order chi connectivity index (χ0) is 11.7. The topological polar surface area (TPSA) is 61.0 Å². The molecule has 6 heteroatoms. The lowest BCUT2D eigenvalue weighted by Gasteiger charge is -2.01. The molecule has 0 amide bonds. The van der Waals surface area contributed by atoms with Crippen LogP contribution in [-0.2, 0) is 0 Å². The summed E-state index contributed by atoms with van der Waals surface area (Å²) in [6.45, 7) is 1.86. The maximum Gasteiger partial charge on any atom is 0.250 e. The van der Waals surface area contributed by atoms with Crippen molar-refractivity contribution in [2.75, 3.05) is 12.8 Å². The van der Waals surface area contributed by atoms with E-state index in [1.54, 1.807) is 0 Å². The van der Waals surface area contributed by atoms with Crippen LogP contribution in [0, 0.1) is 12.7 Å². The lowest BCUT2D eigenvalue weighted by Crippen LogP contribution is -1.92. The molecule has 2 rings (SSSR count). The van der Waals surface area contributed by atoms with Crippen LogP contribution in [0.2, 0.25) is 0 Å². The molecule has 0 aliphatic heterocycles. The van der Waals surface area contributed by atoms with Gasteiger partial charge in [0.1, 0.15) is 10.8 Å². The Labute approximate surface area is 95.9 Å². The van der Waals surface area contributed by atoms with Crippen LogP contribution < -0.4 is 10.5 Å². The lowest BCUT2D eigenvalue weighted by atomic mass is 10.3. The minimum atomic E-state index is -0.508. The van der Waals surface area contributed by atoms with E-state index in [4.69, 9.17) is 10.5 Å². The van der Waals surface area contributed by atoms with Crippen LogP contribution in [-0.4, -0.2) is 17.1 Å². The molecule has 0 spiro atoms. The average Bonchev–Trinajstić information content (AvgIpc) is 2.59. The molecule has 0 atom stereocenters. The van der Waals surface area contributed by atoms with Crippen LogP contribution in [0.4, 0.5) is 10.2 Å². The van der Waals surface area contributed by atoms with E-state index in [1.165, 1.54) is 30.7 Å². The maximum absolute atomic E-state index is 13.4. The van der Waals surface area contributed by atoms with Crippen molar-refractivity contribution in [3.05, 3.63) is 23.0 Å². The highest BCUT2D eigenvalue weighted by molar-refractivity contribution is 7.15. The first kappa shape index (κ1) is 10.8. The number of halogens is 1. The predicted octanol–water partition coefficient (Wildman–Crippen LogP) is 2.24. The monoisotopic (exact) mass is 239 g/mol. The Morgan fingerprint density at radius 2 is 2.25 bits per heavy atom. The van der Waals surface area contributed by atoms with Crippen molar-refractivity contribution in [3.8, 4) is 16.5 Å². The van der Waals surface area contributed by atoms with Crippen molar-refractivity contribution in [3.63, 3.8) is 0 Å². The van der Waals surface area contributed by atoms with Gasteiger partial charge >= 0.3 is 0 Å². The minimum absolute atomic E-state index is 0.0231. The molecule has 0 saturated carbocycles. The second-order valence-electron chi connectivity index (χ2n) is 3.18. The van der Waals surface area contributed by atoms with Crippen LogP contribution in [0.3, 0.4) is 0 Å². The number of nitrogens with two attached hydrogens (primary N) is 1. The molecule has 2 aromatic heterocycles. The second-order valence-corrected chi connectivity index (χ2v) is 4.38. The number of pyridine rings is 1. The Bertz CT molecular complexity index is 507. The average molecular weight is 239 g/mol. The summed E-state index contributed by atoms with van der Waals surface area (Å²) in [5.74, 6) is -0.0624. The molecule has 0 fully saturated rings. The van der Waals surface area contributed by atoms with Crippen molar-refractivity contribution in [1.29, 1.82) is 0 Å². The molecule has 16 heavy (non-hydrogen) atoms. The molecule has 0 aromatic carbocycles. The standard InChI is InChI=1S/C10H10FN3OS/c1-5-8(12)14-10(16-5)6-3-7(11)9(15-2)13-4-6/h3-4H,12H2,1-2H3. The Morgan fingerprint density at radius 1 is 1.50 bits per heavy atom. The van der Waals surface area contributed by atoms with Gasteiger partial charge in [0.15, 0.2) is 5.82 Å². The highest BCUT2D eigenvalue weighted by Gasteiger charge is 2.11. The van der Waals surface area contributed by atoms with Gasteiger partial charge in [-0.05, 0) is 13.0 Å². The van der Waals surface area contributed by atoms with Gasteiger partial charge in [-0.25, -0.2) is 14.4 Å². The van der Waals surface area contributed by atoms with E-state index < -0.39 is 5.82 Å². The van der Waals surface area contributed by atoms with Gasteiger partial charge in [-0.15, -0.1) is 11.3 Å². The van der Waals surface area contributed by atoms with E-state index >= 15 is 0 Å². The Balaban J connectivity index is 2.45. The molecule has 84 valence electrons. The molecular formula is C10H10FN3OS. The van der Waals surface area contributed by atoms with E-state index in [0.717, 1.165) is 4.88 Å². The first-order chi connectivity index (χ1) is 7.61. The largest absolute Gasteiger partial charge is 0.479 e. The number of methoxy groups -OCH3 is 1. The number of rotatable bonds is 2. The summed E-state index contributed by atoms with van der Waals surface area (Å²) in [5.41, 5.74) is 6.23. The van der Waals surface area contributed by atoms with Gasteiger partial charge in [-0.3, -0.25) is 0 Å². The molecule has 2 N–H and O–H groups in total. The first-order valence-corrected chi connectivity index (χ1v) is 5.36. The quantitative estimate of drug-likeness (QED) is 0.873. The van der Waals surface area contributed by atoms with Gasteiger partial charge in [0.25, 0.3) is 0 Å². The summed E-state index contributed by atoms with van der Waals surface area (Å²) in [6, 6.07) is 1.34. The fourth-order valence-electron chi connectivity index (χ4n) is 1.22. The molecule has 2 heterocycles. The third kappa shape index (κ3) is 1.83. The zero-order valence-corrected chi connectivity index (χ0v) is 9.64. The van der Waals surface area contributed by atoms with Gasteiger partial charge in [0.05, 0.1) is 7.11 Å². The molecule has 0 unspecified atom stereocenters. The van der Waals surface area contributed by atoms with Crippen LogP contribution in [0.1, 0.15) is 4.88 Å². The number of hydrogen-bond acceptors (Lipinski definition) is 5. The number of hydrogen-bond donors (Lipinski definition) is 1. The van der Waals surface area contributed by atoms with Gasteiger partial charge < -0.3 is 10.5 Å². The first-order valence-electron chi connectivity index (χ1n) is 4.54. The van der Waals surface area contributed by atoms with E-state index in [9.17, 15) is 4.39 Å². The van der Waals surface area contributed by atoms with Crippen molar-refractivity contribution in [1.82, 2.24) is 9.97 Å². The van der Waals surface area contributed by atoms with Gasteiger partial charge in [-0.2, -0.15) is 0 Å². The van der Waals surface area contributed by atoms with E-state index in [2.05, 4.69) is 9.97 Å². The van der Waals surface area contributed by atoms with Crippen molar-refractivity contribution in [2.24, 2.45) is 0 Å². The minimum Gasteiger partial charge on any atom is -0.479 e. The van der Waals surface area contributed by atoms with Crippen LogP contribution in [0.25, 0.3) is 10.6 Å². The third-order valence-electron chi connectivity index (χ3n) is 2.08. The SMILES string of the molecule is COc1ncc(-c2nc(N)c(C)s2)cc1F. The highest BCUT2D eigenvalue weighted by Crippen LogP contribution is 2.29. The maximum atomic E-state index is 13.4. The van der Waals surface area contributed by atoms with Gasteiger partial charge in [-0.1, -0.05) is 0 Å². The molecule has 0 aliphatic rings. The fraction of sp³-hybridized carbons (Fsp3) is 0.200. The summed E-state index contributed by atoms with van der Waals surface area (Å²) in [4.78, 5) is 8.88. The van der Waals surface area contributed by atoms with Crippen molar-refractivity contribution < 1.29 is 9.13 Å².